The molecule has 0 unspecified atom stereocenters. The highest BCUT2D eigenvalue weighted by Gasteiger charge is 2.34. The van der Waals surface area contributed by atoms with Crippen LogP contribution in [-0.4, -0.2) is 55.1 Å². The minimum Gasteiger partial charge on any atom is -0.377 e. The van der Waals surface area contributed by atoms with Crippen LogP contribution in [0, 0.1) is 0 Å². The molecule has 2 aliphatic heterocycles. The summed E-state index contributed by atoms with van der Waals surface area (Å²) in [5.41, 5.74) is 0.870. The molecule has 0 amide bonds. The van der Waals surface area contributed by atoms with Crippen LogP contribution in [0.25, 0.3) is 0 Å². The molecule has 2 aliphatic rings. The molecular weight excluding hydrogens is 324 g/mol. The summed E-state index contributed by atoms with van der Waals surface area (Å²) >= 11 is 5.95. The lowest BCUT2D eigenvalue weighted by Crippen LogP contribution is -2.40. The van der Waals surface area contributed by atoms with Gasteiger partial charge in [-0.3, -0.25) is 4.90 Å². The zero-order valence-electron chi connectivity index (χ0n) is 12.4. The Kier molecular flexibility index (Phi) is 5.02. The van der Waals surface area contributed by atoms with Crippen molar-refractivity contribution >= 4 is 21.4 Å². The monoisotopic (exact) mass is 344 g/mol. The summed E-state index contributed by atoms with van der Waals surface area (Å²) in [5.74, 6) is 0.517. The van der Waals surface area contributed by atoms with Crippen molar-refractivity contribution in [3.63, 3.8) is 0 Å². The largest absolute Gasteiger partial charge is 0.377 e. The zero-order valence-corrected chi connectivity index (χ0v) is 14.0. The fourth-order valence-electron chi connectivity index (χ4n) is 3.20. The van der Waals surface area contributed by atoms with Gasteiger partial charge in [0.25, 0.3) is 0 Å². The van der Waals surface area contributed by atoms with Gasteiger partial charge in [0.05, 0.1) is 23.3 Å². The van der Waals surface area contributed by atoms with Gasteiger partial charge in [0.2, 0.25) is 0 Å². The van der Waals surface area contributed by atoms with Gasteiger partial charge in [-0.05, 0) is 31.4 Å². The number of ether oxygens (including phenoxy) is 1. The van der Waals surface area contributed by atoms with Crippen molar-refractivity contribution in [1.29, 1.82) is 0 Å². The van der Waals surface area contributed by atoms with Crippen molar-refractivity contribution in [2.75, 3.05) is 24.7 Å². The van der Waals surface area contributed by atoms with Gasteiger partial charge in [-0.1, -0.05) is 17.7 Å². The number of hydrogen-bond acceptors (Lipinski definition) is 5. The molecule has 2 atom stereocenters. The Labute approximate surface area is 136 Å². The molecule has 1 aromatic heterocycles. The number of pyridine rings is 1. The van der Waals surface area contributed by atoms with E-state index in [0.717, 1.165) is 31.7 Å². The highest BCUT2D eigenvalue weighted by atomic mass is 35.5. The molecule has 0 bridgehead atoms. The van der Waals surface area contributed by atoms with Gasteiger partial charge < -0.3 is 4.74 Å². The normalized spacial score (nSPS) is 27.5. The molecule has 0 saturated carbocycles. The maximum atomic E-state index is 11.8. The third-order valence-electron chi connectivity index (χ3n) is 4.32. The second kappa shape index (κ2) is 6.83. The number of hydrogen-bond donors (Lipinski definition) is 0. The van der Waals surface area contributed by atoms with Crippen LogP contribution in [-0.2, 0) is 21.1 Å². The third-order valence-corrected chi connectivity index (χ3v) is 6.29. The number of rotatable bonds is 5. The van der Waals surface area contributed by atoms with Gasteiger partial charge in [0.1, 0.15) is 5.15 Å². The highest BCUT2D eigenvalue weighted by molar-refractivity contribution is 7.91. The summed E-state index contributed by atoms with van der Waals surface area (Å²) in [6.07, 6.45) is 3.01. The highest BCUT2D eigenvalue weighted by Crippen LogP contribution is 2.23. The molecule has 3 rings (SSSR count). The van der Waals surface area contributed by atoms with Crippen molar-refractivity contribution in [1.82, 2.24) is 9.88 Å². The zero-order chi connectivity index (χ0) is 15.6. The van der Waals surface area contributed by atoms with Crippen LogP contribution in [0.15, 0.2) is 18.2 Å². The fraction of sp³-hybridized carbons (Fsp3) is 0.667. The van der Waals surface area contributed by atoms with Crippen LogP contribution in [0.4, 0.5) is 0 Å². The Morgan fingerprint density at radius 1 is 1.36 bits per heavy atom. The molecule has 2 saturated heterocycles. The van der Waals surface area contributed by atoms with Crippen molar-refractivity contribution in [2.24, 2.45) is 0 Å². The van der Waals surface area contributed by atoms with E-state index < -0.39 is 9.84 Å². The third kappa shape index (κ3) is 4.19. The minimum absolute atomic E-state index is 0.0509. The lowest BCUT2D eigenvalue weighted by Gasteiger charge is -2.30. The Bertz CT molecular complexity index is 617. The molecule has 0 aromatic carbocycles. The molecule has 0 aliphatic carbocycles. The smallest absolute Gasteiger partial charge is 0.151 e. The van der Waals surface area contributed by atoms with Crippen molar-refractivity contribution < 1.29 is 13.2 Å². The van der Waals surface area contributed by atoms with Gasteiger partial charge in [0, 0.05) is 25.7 Å². The van der Waals surface area contributed by atoms with E-state index >= 15 is 0 Å². The second-order valence-electron chi connectivity index (χ2n) is 6.07. The lowest BCUT2D eigenvalue weighted by molar-refractivity contribution is 0.0569. The molecule has 2 fully saturated rings. The first-order valence-electron chi connectivity index (χ1n) is 7.69. The van der Waals surface area contributed by atoms with Crippen molar-refractivity contribution in [3.05, 3.63) is 29.0 Å². The number of halogens is 1. The van der Waals surface area contributed by atoms with E-state index in [1.54, 1.807) is 6.07 Å². The molecule has 122 valence electrons. The molecule has 7 heteroatoms. The van der Waals surface area contributed by atoms with E-state index in [1.807, 2.05) is 12.1 Å². The molecular formula is C15H21ClN2O3S. The molecule has 22 heavy (non-hydrogen) atoms. The van der Waals surface area contributed by atoms with Gasteiger partial charge in [-0.15, -0.1) is 0 Å². The van der Waals surface area contributed by atoms with Crippen LogP contribution in [0.5, 0.6) is 0 Å². The Balaban J connectivity index is 1.73. The van der Waals surface area contributed by atoms with E-state index in [0.29, 0.717) is 18.1 Å². The topological polar surface area (TPSA) is 59.5 Å². The SMILES string of the molecule is O=S1(=O)CC[C@@H](N(Cc2cccc(Cl)n2)C[C@@H]2CCCO2)C1. The summed E-state index contributed by atoms with van der Waals surface area (Å²) in [4.78, 5) is 6.54. The Hall–Kier alpha value is -0.690. The van der Waals surface area contributed by atoms with Crippen molar-refractivity contribution in [3.8, 4) is 0 Å². The van der Waals surface area contributed by atoms with E-state index in [9.17, 15) is 8.42 Å². The number of sulfone groups is 1. The predicted molar refractivity (Wildman–Crippen MR) is 85.7 cm³/mol. The quantitative estimate of drug-likeness (QED) is 0.763. The standard InChI is InChI=1S/C15H21ClN2O3S/c16-15-5-1-3-12(17-15)9-18(10-14-4-2-7-21-14)13-6-8-22(19,20)11-13/h1,3,5,13-14H,2,4,6-11H2/t13-,14+/m1/s1. The summed E-state index contributed by atoms with van der Waals surface area (Å²) in [6.45, 7) is 2.17. The summed E-state index contributed by atoms with van der Waals surface area (Å²) < 4.78 is 29.3. The molecule has 1 aromatic rings. The van der Waals surface area contributed by atoms with E-state index in [4.69, 9.17) is 16.3 Å². The summed E-state index contributed by atoms with van der Waals surface area (Å²) in [7, 11) is -2.90. The average molecular weight is 345 g/mol. The first-order valence-corrected chi connectivity index (χ1v) is 9.89. The maximum absolute atomic E-state index is 11.8. The van der Waals surface area contributed by atoms with Crippen LogP contribution in [0.3, 0.4) is 0 Å². The van der Waals surface area contributed by atoms with Crippen molar-refractivity contribution in [2.45, 2.75) is 38.0 Å². The first-order chi connectivity index (χ1) is 10.5. The van der Waals surface area contributed by atoms with Gasteiger partial charge in [-0.2, -0.15) is 0 Å². The Morgan fingerprint density at radius 3 is 2.86 bits per heavy atom. The second-order valence-corrected chi connectivity index (χ2v) is 8.69. The molecule has 5 nitrogen and oxygen atoms in total. The number of aromatic nitrogens is 1. The molecule has 0 N–H and O–H groups in total. The van der Waals surface area contributed by atoms with E-state index in [1.165, 1.54) is 0 Å². The number of nitrogens with zero attached hydrogens (tertiary/aromatic N) is 2. The van der Waals surface area contributed by atoms with Crippen LogP contribution in [0.2, 0.25) is 5.15 Å². The van der Waals surface area contributed by atoms with Gasteiger partial charge in [-0.25, -0.2) is 13.4 Å². The summed E-state index contributed by atoms with van der Waals surface area (Å²) in [6, 6.07) is 5.60. The van der Waals surface area contributed by atoms with E-state index in [-0.39, 0.29) is 23.7 Å². The minimum atomic E-state index is -2.90. The molecule has 0 radical (unpaired) electrons. The maximum Gasteiger partial charge on any atom is 0.151 e. The van der Waals surface area contributed by atoms with Gasteiger partial charge in [0.15, 0.2) is 9.84 Å². The van der Waals surface area contributed by atoms with E-state index in [2.05, 4.69) is 9.88 Å². The first kappa shape index (κ1) is 16.2. The average Bonchev–Trinajstić information content (AvgIpc) is 3.07. The lowest BCUT2D eigenvalue weighted by atomic mass is 10.1. The molecule has 3 heterocycles. The Morgan fingerprint density at radius 2 is 2.23 bits per heavy atom. The van der Waals surface area contributed by atoms with Crippen LogP contribution >= 0.6 is 11.6 Å². The summed E-state index contributed by atoms with van der Waals surface area (Å²) in [5, 5.41) is 0.466. The van der Waals surface area contributed by atoms with Crippen LogP contribution < -0.4 is 0 Å². The predicted octanol–water partition coefficient (Wildman–Crippen LogP) is 1.90. The van der Waals surface area contributed by atoms with Gasteiger partial charge >= 0.3 is 0 Å². The fourth-order valence-corrected chi connectivity index (χ4v) is 5.15. The van der Waals surface area contributed by atoms with Crippen LogP contribution in [0.1, 0.15) is 25.0 Å². The molecule has 0 spiro atoms.